The molecular formula is C14H17N3O3. The lowest BCUT2D eigenvalue weighted by Gasteiger charge is -2.07. The van der Waals surface area contributed by atoms with Crippen LogP contribution >= 0.6 is 0 Å². The zero-order valence-corrected chi connectivity index (χ0v) is 11.5. The highest BCUT2D eigenvalue weighted by atomic mass is 16.5. The fourth-order valence-corrected chi connectivity index (χ4v) is 1.61. The molecule has 1 N–H and O–H groups in total. The van der Waals surface area contributed by atoms with E-state index in [2.05, 4.69) is 10.4 Å². The Labute approximate surface area is 117 Å². The Kier molecular flexibility index (Phi) is 4.60. The molecule has 1 amide bonds. The third-order valence-corrected chi connectivity index (χ3v) is 2.49. The molecule has 0 aliphatic heterocycles. The van der Waals surface area contributed by atoms with Gasteiger partial charge >= 0.3 is 0 Å². The second-order valence-corrected chi connectivity index (χ2v) is 4.12. The molecule has 0 bridgehead atoms. The smallest absolute Gasteiger partial charge is 0.263 e. The molecule has 6 nitrogen and oxygen atoms in total. The van der Waals surface area contributed by atoms with Crippen LogP contribution in [0, 0.1) is 0 Å². The molecule has 0 radical (unpaired) electrons. The maximum atomic E-state index is 11.7. The van der Waals surface area contributed by atoms with Crippen LogP contribution < -0.4 is 14.8 Å². The number of rotatable bonds is 6. The van der Waals surface area contributed by atoms with Crippen LogP contribution in [0.15, 0.2) is 36.5 Å². The van der Waals surface area contributed by atoms with E-state index in [9.17, 15) is 4.79 Å². The summed E-state index contributed by atoms with van der Waals surface area (Å²) in [6.07, 6.45) is 1.75. The fourth-order valence-electron chi connectivity index (χ4n) is 1.61. The normalized spacial score (nSPS) is 10.1. The third-order valence-electron chi connectivity index (χ3n) is 2.49. The summed E-state index contributed by atoms with van der Waals surface area (Å²) in [6.45, 7) is 2.48. The minimum Gasteiger partial charge on any atom is -0.494 e. The van der Waals surface area contributed by atoms with E-state index in [1.807, 2.05) is 6.92 Å². The number of amides is 1. The molecule has 0 aliphatic rings. The molecule has 1 heterocycles. The predicted octanol–water partition coefficient (Wildman–Crippen LogP) is 1.84. The fraction of sp³-hybridized carbons (Fsp3) is 0.286. The van der Waals surface area contributed by atoms with Crippen molar-refractivity contribution in [3.8, 4) is 11.5 Å². The highest BCUT2D eigenvalue weighted by Crippen LogP contribution is 2.17. The summed E-state index contributed by atoms with van der Waals surface area (Å²) in [5, 5.41) is 6.69. The van der Waals surface area contributed by atoms with Crippen LogP contribution in [-0.2, 0) is 11.8 Å². The standard InChI is InChI=1S/C14H17N3O3/c1-3-19-11-4-6-12(7-5-11)20-10-14(18)15-13-8-9-17(2)16-13/h4-9H,3,10H2,1-2H3,(H,15,16,18). The van der Waals surface area contributed by atoms with Gasteiger partial charge in [0.25, 0.3) is 5.91 Å². The van der Waals surface area contributed by atoms with Crippen molar-refractivity contribution >= 4 is 11.7 Å². The second-order valence-electron chi connectivity index (χ2n) is 4.12. The Bertz CT molecular complexity index is 563. The van der Waals surface area contributed by atoms with Gasteiger partial charge in [-0.25, -0.2) is 0 Å². The Morgan fingerprint density at radius 1 is 1.20 bits per heavy atom. The zero-order valence-electron chi connectivity index (χ0n) is 11.5. The van der Waals surface area contributed by atoms with Crippen LogP contribution in [0.3, 0.4) is 0 Å². The van der Waals surface area contributed by atoms with E-state index in [1.54, 1.807) is 48.3 Å². The van der Waals surface area contributed by atoms with Gasteiger partial charge in [0.05, 0.1) is 6.61 Å². The van der Waals surface area contributed by atoms with Crippen LogP contribution in [0.5, 0.6) is 11.5 Å². The number of nitrogens with one attached hydrogen (secondary N) is 1. The van der Waals surface area contributed by atoms with Crippen molar-refractivity contribution < 1.29 is 14.3 Å². The van der Waals surface area contributed by atoms with E-state index in [0.29, 0.717) is 18.2 Å². The molecule has 20 heavy (non-hydrogen) atoms. The summed E-state index contributed by atoms with van der Waals surface area (Å²) in [7, 11) is 1.78. The van der Waals surface area contributed by atoms with Crippen LogP contribution in [0.1, 0.15) is 6.92 Å². The Morgan fingerprint density at radius 3 is 2.40 bits per heavy atom. The molecule has 0 atom stereocenters. The summed E-state index contributed by atoms with van der Waals surface area (Å²) in [5.41, 5.74) is 0. The summed E-state index contributed by atoms with van der Waals surface area (Å²) in [4.78, 5) is 11.7. The molecule has 0 aliphatic carbocycles. The largest absolute Gasteiger partial charge is 0.494 e. The molecule has 0 spiro atoms. The zero-order chi connectivity index (χ0) is 14.4. The SMILES string of the molecule is CCOc1ccc(OCC(=O)Nc2ccn(C)n2)cc1. The minimum absolute atomic E-state index is 0.0649. The van der Waals surface area contributed by atoms with Crippen molar-refractivity contribution in [2.75, 3.05) is 18.5 Å². The van der Waals surface area contributed by atoms with E-state index in [-0.39, 0.29) is 12.5 Å². The molecule has 0 saturated heterocycles. The predicted molar refractivity (Wildman–Crippen MR) is 74.9 cm³/mol. The molecule has 106 valence electrons. The lowest BCUT2D eigenvalue weighted by atomic mass is 10.3. The summed E-state index contributed by atoms with van der Waals surface area (Å²) in [5.74, 6) is 1.65. The lowest BCUT2D eigenvalue weighted by Crippen LogP contribution is -2.20. The van der Waals surface area contributed by atoms with Gasteiger partial charge in [0.15, 0.2) is 12.4 Å². The first kappa shape index (κ1) is 13.9. The Hall–Kier alpha value is -2.50. The van der Waals surface area contributed by atoms with Crippen molar-refractivity contribution in [1.29, 1.82) is 0 Å². The Balaban J connectivity index is 1.80. The second kappa shape index (κ2) is 6.60. The maximum Gasteiger partial charge on any atom is 0.263 e. The molecule has 0 fully saturated rings. The van der Waals surface area contributed by atoms with Gasteiger partial charge in [0, 0.05) is 19.3 Å². The lowest BCUT2D eigenvalue weighted by molar-refractivity contribution is -0.118. The van der Waals surface area contributed by atoms with Crippen molar-refractivity contribution in [1.82, 2.24) is 9.78 Å². The summed E-state index contributed by atoms with van der Waals surface area (Å²) < 4.78 is 12.3. The van der Waals surface area contributed by atoms with Gasteiger partial charge in [-0.05, 0) is 31.2 Å². The van der Waals surface area contributed by atoms with Crippen LogP contribution in [-0.4, -0.2) is 28.9 Å². The van der Waals surface area contributed by atoms with E-state index in [0.717, 1.165) is 5.75 Å². The molecular weight excluding hydrogens is 258 g/mol. The first-order valence-corrected chi connectivity index (χ1v) is 6.32. The third kappa shape index (κ3) is 4.01. The van der Waals surface area contributed by atoms with Crippen molar-refractivity contribution in [3.63, 3.8) is 0 Å². The number of hydrogen-bond acceptors (Lipinski definition) is 4. The molecule has 1 aromatic heterocycles. The van der Waals surface area contributed by atoms with Gasteiger partial charge in [-0.15, -0.1) is 0 Å². The average Bonchev–Trinajstić information content (AvgIpc) is 2.84. The average molecular weight is 275 g/mol. The number of aromatic nitrogens is 2. The number of carbonyl (C=O) groups is 1. The number of carbonyl (C=O) groups excluding carboxylic acids is 1. The molecule has 0 unspecified atom stereocenters. The monoisotopic (exact) mass is 275 g/mol. The quantitative estimate of drug-likeness (QED) is 0.873. The maximum absolute atomic E-state index is 11.7. The first-order valence-electron chi connectivity index (χ1n) is 6.32. The van der Waals surface area contributed by atoms with E-state index >= 15 is 0 Å². The minimum atomic E-state index is -0.252. The molecule has 2 rings (SSSR count). The number of ether oxygens (including phenoxy) is 2. The van der Waals surface area contributed by atoms with Gasteiger partial charge in [-0.2, -0.15) is 5.10 Å². The molecule has 1 aromatic carbocycles. The van der Waals surface area contributed by atoms with Crippen LogP contribution in [0.4, 0.5) is 5.82 Å². The number of benzene rings is 1. The van der Waals surface area contributed by atoms with Crippen molar-refractivity contribution in [2.45, 2.75) is 6.92 Å². The van der Waals surface area contributed by atoms with Crippen LogP contribution in [0.2, 0.25) is 0 Å². The summed E-state index contributed by atoms with van der Waals surface area (Å²) in [6, 6.07) is 8.85. The van der Waals surface area contributed by atoms with Gasteiger partial charge in [0.2, 0.25) is 0 Å². The topological polar surface area (TPSA) is 65.4 Å². The summed E-state index contributed by atoms with van der Waals surface area (Å²) >= 11 is 0. The van der Waals surface area contributed by atoms with Gasteiger partial charge in [-0.1, -0.05) is 0 Å². The molecule has 6 heteroatoms. The van der Waals surface area contributed by atoms with E-state index in [1.165, 1.54) is 0 Å². The first-order chi connectivity index (χ1) is 9.67. The Morgan fingerprint density at radius 2 is 1.85 bits per heavy atom. The van der Waals surface area contributed by atoms with E-state index in [4.69, 9.17) is 9.47 Å². The van der Waals surface area contributed by atoms with Crippen LogP contribution in [0.25, 0.3) is 0 Å². The number of nitrogens with zero attached hydrogens (tertiary/aromatic N) is 2. The van der Waals surface area contributed by atoms with Gasteiger partial charge < -0.3 is 14.8 Å². The highest BCUT2D eigenvalue weighted by molar-refractivity contribution is 5.90. The molecule has 2 aromatic rings. The number of hydrogen-bond donors (Lipinski definition) is 1. The van der Waals surface area contributed by atoms with Gasteiger partial charge in [0.1, 0.15) is 11.5 Å². The van der Waals surface area contributed by atoms with Crippen molar-refractivity contribution in [2.24, 2.45) is 7.05 Å². The molecule has 0 saturated carbocycles. The van der Waals surface area contributed by atoms with Crippen molar-refractivity contribution in [3.05, 3.63) is 36.5 Å². The number of aryl methyl sites for hydroxylation is 1. The van der Waals surface area contributed by atoms with E-state index < -0.39 is 0 Å². The highest BCUT2D eigenvalue weighted by Gasteiger charge is 2.05. The van der Waals surface area contributed by atoms with Gasteiger partial charge in [-0.3, -0.25) is 9.48 Å². The number of anilines is 1.